The zero-order valence-corrected chi connectivity index (χ0v) is 12.2. The van der Waals surface area contributed by atoms with Gasteiger partial charge in [0.05, 0.1) is 6.61 Å². The van der Waals surface area contributed by atoms with Crippen molar-refractivity contribution in [3.8, 4) is 11.5 Å². The maximum absolute atomic E-state index is 10.6. The van der Waals surface area contributed by atoms with Crippen LogP contribution in [0, 0.1) is 0 Å². The number of rotatable bonds is 7. The predicted octanol–water partition coefficient (Wildman–Crippen LogP) is 3.70. The van der Waals surface area contributed by atoms with Crippen LogP contribution in [0.2, 0.25) is 0 Å². The van der Waals surface area contributed by atoms with Crippen molar-refractivity contribution >= 4 is 23.6 Å². The second-order valence-corrected chi connectivity index (χ2v) is 4.24. The molecule has 0 radical (unpaired) electrons. The highest BCUT2D eigenvalue weighted by atomic mass is 35.5. The van der Waals surface area contributed by atoms with E-state index in [9.17, 15) is 4.79 Å². The molecule has 0 spiro atoms. The summed E-state index contributed by atoms with van der Waals surface area (Å²) in [7, 11) is 0. The quantitative estimate of drug-likeness (QED) is 0.779. The van der Waals surface area contributed by atoms with Crippen molar-refractivity contribution < 1.29 is 19.4 Å². The molecule has 0 saturated heterocycles. The predicted molar refractivity (Wildman–Crippen MR) is 79.4 cm³/mol. The maximum Gasteiger partial charge on any atom is 0.328 e. The van der Waals surface area contributed by atoms with Crippen molar-refractivity contribution in [1.82, 2.24) is 0 Å². The van der Waals surface area contributed by atoms with E-state index in [4.69, 9.17) is 26.2 Å². The molecular formula is C15H17ClO4. The van der Waals surface area contributed by atoms with Crippen LogP contribution < -0.4 is 9.47 Å². The van der Waals surface area contributed by atoms with Crippen LogP contribution in [0.1, 0.15) is 19.4 Å². The third-order valence-electron chi connectivity index (χ3n) is 2.35. The number of benzene rings is 1. The molecule has 0 amide bonds. The van der Waals surface area contributed by atoms with Gasteiger partial charge in [0, 0.05) is 17.2 Å². The standard InChI is InChI=1S/C15H17ClO4/c1-3-19-13-6-4-5-12(7-8-14(17)18)15(13)20-10-11(2)9-16/h4-9H,3,10H2,1-2H3,(H,17,18)/b8-7+,11-9+. The van der Waals surface area contributed by atoms with Crippen LogP contribution in [-0.2, 0) is 4.79 Å². The number of halogens is 1. The molecule has 108 valence electrons. The van der Waals surface area contributed by atoms with Crippen molar-refractivity contribution in [2.75, 3.05) is 13.2 Å². The van der Waals surface area contributed by atoms with Gasteiger partial charge in [-0.3, -0.25) is 0 Å². The summed E-state index contributed by atoms with van der Waals surface area (Å²) in [6.45, 7) is 4.50. The highest BCUT2D eigenvalue weighted by Gasteiger charge is 2.09. The van der Waals surface area contributed by atoms with Crippen LogP contribution in [0.4, 0.5) is 0 Å². The third-order valence-corrected chi connectivity index (χ3v) is 2.72. The number of aliphatic carboxylic acids is 1. The summed E-state index contributed by atoms with van der Waals surface area (Å²) in [6, 6.07) is 5.32. The maximum atomic E-state index is 10.6. The molecule has 20 heavy (non-hydrogen) atoms. The number of carboxylic acids is 1. The molecular weight excluding hydrogens is 280 g/mol. The minimum Gasteiger partial charge on any atom is -0.490 e. The van der Waals surface area contributed by atoms with Crippen LogP contribution in [0.15, 0.2) is 35.4 Å². The van der Waals surface area contributed by atoms with Crippen molar-refractivity contribution in [2.45, 2.75) is 13.8 Å². The highest BCUT2D eigenvalue weighted by Crippen LogP contribution is 2.32. The summed E-state index contributed by atoms with van der Waals surface area (Å²) in [5, 5.41) is 8.71. The van der Waals surface area contributed by atoms with E-state index in [-0.39, 0.29) is 0 Å². The Morgan fingerprint density at radius 1 is 1.40 bits per heavy atom. The Balaban J connectivity index is 3.08. The van der Waals surface area contributed by atoms with E-state index < -0.39 is 5.97 Å². The van der Waals surface area contributed by atoms with Crippen molar-refractivity contribution in [3.63, 3.8) is 0 Å². The largest absolute Gasteiger partial charge is 0.490 e. The van der Waals surface area contributed by atoms with Gasteiger partial charge in [0.1, 0.15) is 6.61 Å². The van der Waals surface area contributed by atoms with Crippen molar-refractivity contribution in [3.05, 3.63) is 40.9 Å². The summed E-state index contributed by atoms with van der Waals surface area (Å²) in [5.41, 5.74) is 2.93. The SMILES string of the molecule is CCOc1cccc(/C=C/C(=O)O)c1OC/C(C)=C/Cl. The lowest BCUT2D eigenvalue weighted by molar-refractivity contribution is -0.131. The lowest BCUT2D eigenvalue weighted by atomic mass is 10.1. The van der Waals surface area contributed by atoms with Crippen LogP contribution in [-0.4, -0.2) is 24.3 Å². The zero-order chi connectivity index (χ0) is 15.0. The number of hydrogen-bond donors (Lipinski definition) is 1. The molecule has 0 aliphatic heterocycles. The van der Waals surface area contributed by atoms with E-state index in [0.717, 1.165) is 11.6 Å². The van der Waals surface area contributed by atoms with E-state index in [0.29, 0.717) is 30.3 Å². The van der Waals surface area contributed by atoms with Gasteiger partial charge in [-0.05, 0) is 31.6 Å². The Bertz CT molecular complexity index is 521. The molecule has 0 unspecified atom stereocenters. The van der Waals surface area contributed by atoms with Gasteiger partial charge in [0.25, 0.3) is 0 Å². The number of carbonyl (C=O) groups is 1. The zero-order valence-electron chi connectivity index (χ0n) is 11.4. The van der Waals surface area contributed by atoms with Crippen LogP contribution in [0.5, 0.6) is 11.5 Å². The minimum atomic E-state index is -1.02. The molecule has 0 aromatic heterocycles. The first-order valence-electron chi connectivity index (χ1n) is 6.14. The molecule has 1 aromatic rings. The fourth-order valence-electron chi connectivity index (χ4n) is 1.47. The smallest absolute Gasteiger partial charge is 0.328 e. The molecule has 0 bridgehead atoms. The molecule has 1 aromatic carbocycles. The Morgan fingerprint density at radius 2 is 2.15 bits per heavy atom. The summed E-state index contributed by atoms with van der Waals surface area (Å²) >= 11 is 5.60. The van der Waals surface area contributed by atoms with Gasteiger partial charge in [0.2, 0.25) is 0 Å². The Labute approximate surface area is 123 Å². The summed E-state index contributed by atoms with van der Waals surface area (Å²) in [6.07, 6.45) is 2.53. The average Bonchev–Trinajstić information content (AvgIpc) is 2.43. The molecule has 5 heteroatoms. The number of para-hydroxylation sites is 1. The van der Waals surface area contributed by atoms with Crippen LogP contribution in [0.25, 0.3) is 6.08 Å². The average molecular weight is 297 g/mol. The monoisotopic (exact) mass is 296 g/mol. The molecule has 0 heterocycles. The first-order valence-corrected chi connectivity index (χ1v) is 6.57. The molecule has 0 fully saturated rings. The summed E-state index contributed by atoms with van der Waals surface area (Å²) in [5.74, 6) is 0.0572. The van der Waals surface area contributed by atoms with Crippen molar-refractivity contribution in [2.24, 2.45) is 0 Å². The van der Waals surface area contributed by atoms with E-state index >= 15 is 0 Å². The van der Waals surface area contributed by atoms with Crippen LogP contribution >= 0.6 is 11.6 Å². The first-order chi connectivity index (χ1) is 9.58. The van der Waals surface area contributed by atoms with E-state index in [1.807, 2.05) is 13.8 Å². The number of carboxylic acid groups (broad SMARTS) is 1. The van der Waals surface area contributed by atoms with Crippen LogP contribution in [0.3, 0.4) is 0 Å². The number of ether oxygens (including phenoxy) is 2. The topological polar surface area (TPSA) is 55.8 Å². The van der Waals surface area contributed by atoms with E-state index in [1.165, 1.54) is 11.6 Å². The van der Waals surface area contributed by atoms with Gasteiger partial charge in [-0.25, -0.2) is 4.79 Å². The molecule has 0 atom stereocenters. The molecule has 1 N–H and O–H groups in total. The Morgan fingerprint density at radius 3 is 2.75 bits per heavy atom. The molecule has 0 aliphatic carbocycles. The lowest BCUT2D eigenvalue weighted by Gasteiger charge is -2.14. The first kappa shape index (κ1) is 16.1. The Hall–Kier alpha value is -1.94. The Kier molecular flexibility index (Phi) is 6.67. The molecule has 1 rings (SSSR count). The van der Waals surface area contributed by atoms with Gasteiger partial charge in [-0.1, -0.05) is 23.7 Å². The second-order valence-electron chi connectivity index (χ2n) is 4.02. The number of hydrogen-bond acceptors (Lipinski definition) is 3. The normalized spacial score (nSPS) is 11.7. The van der Waals surface area contributed by atoms with Gasteiger partial charge in [0.15, 0.2) is 11.5 Å². The van der Waals surface area contributed by atoms with Gasteiger partial charge in [-0.2, -0.15) is 0 Å². The van der Waals surface area contributed by atoms with Crippen molar-refractivity contribution in [1.29, 1.82) is 0 Å². The van der Waals surface area contributed by atoms with Gasteiger partial charge < -0.3 is 14.6 Å². The highest BCUT2D eigenvalue weighted by molar-refractivity contribution is 6.25. The van der Waals surface area contributed by atoms with Gasteiger partial charge >= 0.3 is 5.97 Å². The molecule has 0 aliphatic rings. The molecule has 0 saturated carbocycles. The fraction of sp³-hybridized carbons (Fsp3) is 0.267. The fourth-order valence-corrected chi connectivity index (χ4v) is 1.53. The van der Waals surface area contributed by atoms with Gasteiger partial charge in [-0.15, -0.1) is 0 Å². The third kappa shape index (κ3) is 4.97. The molecule has 4 nitrogen and oxygen atoms in total. The van der Waals surface area contributed by atoms with E-state index in [1.54, 1.807) is 18.2 Å². The van der Waals surface area contributed by atoms with E-state index in [2.05, 4.69) is 0 Å². The summed E-state index contributed by atoms with van der Waals surface area (Å²) in [4.78, 5) is 10.6. The second kappa shape index (κ2) is 8.27. The minimum absolute atomic E-state index is 0.307. The lowest BCUT2D eigenvalue weighted by Crippen LogP contribution is -2.03. The summed E-state index contributed by atoms with van der Waals surface area (Å²) < 4.78 is 11.2.